The standard InChI is InChI=1S/C20H22F5N5OS/c1-11-10-30(7-5-19(11,21)22)17-16(12(2)14(9-28-17)20(23,24)25)18(31)29-13-4-6-27-15(8-13)32(3)26/h4,6,8-9,11,26H,5,7,10H2,1-3H3,(H,27,29,31)/t11-,32+/m1/s1. The number of halogens is 5. The van der Waals surface area contributed by atoms with Crippen molar-refractivity contribution in [2.24, 2.45) is 5.92 Å². The summed E-state index contributed by atoms with van der Waals surface area (Å²) < 4.78 is 76.1. The van der Waals surface area contributed by atoms with E-state index in [1.165, 1.54) is 30.2 Å². The molecule has 1 amide bonds. The molecule has 1 aliphatic rings. The zero-order valence-electron chi connectivity index (χ0n) is 17.6. The molecule has 12 heteroatoms. The fourth-order valence-electron chi connectivity index (χ4n) is 3.51. The first-order valence-electron chi connectivity index (χ1n) is 9.65. The molecule has 0 aliphatic carbocycles. The van der Waals surface area contributed by atoms with E-state index in [9.17, 15) is 26.7 Å². The molecule has 2 atom stereocenters. The third kappa shape index (κ3) is 4.89. The molecule has 1 fully saturated rings. The molecule has 2 aromatic rings. The average Bonchev–Trinajstić information content (AvgIpc) is 2.69. The van der Waals surface area contributed by atoms with Crippen LogP contribution in [0.2, 0.25) is 0 Å². The summed E-state index contributed by atoms with van der Waals surface area (Å²) in [4.78, 5) is 22.4. The van der Waals surface area contributed by atoms with Gasteiger partial charge in [-0.25, -0.2) is 18.7 Å². The molecule has 3 heterocycles. The monoisotopic (exact) mass is 475 g/mol. The molecular formula is C20H22F5N5OS. The molecule has 0 radical (unpaired) electrons. The zero-order chi connectivity index (χ0) is 23.8. The van der Waals surface area contributed by atoms with Crippen molar-refractivity contribution < 1.29 is 26.7 Å². The van der Waals surface area contributed by atoms with Gasteiger partial charge < -0.3 is 10.2 Å². The molecule has 6 nitrogen and oxygen atoms in total. The van der Waals surface area contributed by atoms with E-state index in [0.29, 0.717) is 11.2 Å². The lowest BCUT2D eigenvalue weighted by Crippen LogP contribution is -2.47. The Morgan fingerprint density at radius 3 is 2.62 bits per heavy atom. The Kier molecular flexibility index (Phi) is 6.55. The Labute approximate surface area is 184 Å². The topological polar surface area (TPSA) is 82.0 Å². The van der Waals surface area contributed by atoms with Crippen molar-refractivity contribution in [1.29, 1.82) is 4.78 Å². The zero-order valence-corrected chi connectivity index (χ0v) is 18.4. The highest BCUT2D eigenvalue weighted by Gasteiger charge is 2.43. The van der Waals surface area contributed by atoms with Crippen LogP contribution in [0.1, 0.15) is 34.8 Å². The summed E-state index contributed by atoms with van der Waals surface area (Å²) in [6, 6.07) is 2.92. The van der Waals surface area contributed by atoms with Crippen LogP contribution in [-0.2, 0) is 16.9 Å². The lowest BCUT2D eigenvalue weighted by molar-refractivity contribution is -0.138. The number of aromatic nitrogens is 2. The van der Waals surface area contributed by atoms with E-state index in [1.54, 1.807) is 6.26 Å². The summed E-state index contributed by atoms with van der Waals surface area (Å²) >= 11 is 0. The number of hydrogen-bond donors (Lipinski definition) is 2. The number of carbonyl (C=O) groups excluding carboxylic acids is 1. The second-order valence-corrected chi connectivity index (χ2v) is 9.14. The molecule has 0 bridgehead atoms. The highest BCUT2D eigenvalue weighted by molar-refractivity contribution is 7.85. The van der Waals surface area contributed by atoms with E-state index in [1.807, 2.05) is 0 Å². The number of nitrogens with one attached hydrogen (secondary N) is 2. The highest BCUT2D eigenvalue weighted by atomic mass is 32.2. The number of carbonyl (C=O) groups is 1. The van der Waals surface area contributed by atoms with Gasteiger partial charge >= 0.3 is 6.18 Å². The fourth-order valence-corrected chi connectivity index (χ4v) is 4.04. The third-order valence-corrected chi connectivity index (χ3v) is 6.24. The highest BCUT2D eigenvalue weighted by Crippen LogP contribution is 2.39. The second kappa shape index (κ2) is 8.72. The fraction of sp³-hybridized carbons (Fsp3) is 0.450. The second-order valence-electron chi connectivity index (χ2n) is 7.70. The molecule has 174 valence electrons. The van der Waals surface area contributed by atoms with E-state index in [2.05, 4.69) is 15.3 Å². The maximum atomic E-state index is 13.9. The van der Waals surface area contributed by atoms with Gasteiger partial charge in [0.1, 0.15) is 10.8 Å². The Balaban J connectivity index is 2.04. The minimum atomic E-state index is -4.74. The van der Waals surface area contributed by atoms with Crippen LogP contribution in [0.4, 0.5) is 33.5 Å². The van der Waals surface area contributed by atoms with Crippen LogP contribution in [0.5, 0.6) is 0 Å². The molecule has 0 saturated carbocycles. The van der Waals surface area contributed by atoms with Crippen molar-refractivity contribution in [1.82, 2.24) is 9.97 Å². The largest absolute Gasteiger partial charge is 0.418 e. The van der Waals surface area contributed by atoms with E-state index in [0.717, 1.165) is 6.92 Å². The normalized spacial score (nSPS) is 19.5. The number of anilines is 2. The summed E-state index contributed by atoms with van der Waals surface area (Å²) in [5.41, 5.74) is -1.47. The predicted molar refractivity (Wildman–Crippen MR) is 111 cm³/mol. The lowest BCUT2D eigenvalue weighted by Gasteiger charge is -2.38. The van der Waals surface area contributed by atoms with Crippen molar-refractivity contribution in [3.05, 3.63) is 41.2 Å². The van der Waals surface area contributed by atoms with Crippen LogP contribution < -0.4 is 10.2 Å². The maximum Gasteiger partial charge on any atom is 0.418 e. The number of rotatable bonds is 4. The average molecular weight is 475 g/mol. The van der Waals surface area contributed by atoms with Crippen LogP contribution in [0, 0.1) is 17.6 Å². The molecule has 0 unspecified atom stereocenters. The first kappa shape index (κ1) is 24.0. The number of nitrogens with zero attached hydrogens (tertiary/aromatic N) is 3. The van der Waals surface area contributed by atoms with Crippen LogP contribution in [-0.4, -0.2) is 41.1 Å². The molecule has 3 rings (SSSR count). The lowest BCUT2D eigenvalue weighted by atomic mass is 9.94. The van der Waals surface area contributed by atoms with E-state index >= 15 is 0 Å². The summed E-state index contributed by atoms with van der Waals surface area (Å²) in [5.74, 6) is -4.88. The van der Waals surface area contributed by atoms with Gasteiger partial charge in [-0.2, -0.15) is 13.2 Å². The summed E-state index contributed by atoms with van der Waals surface area (Å²) in [6.45, 7) is 2.22. The van der Waals surface area contributed by atoms with Crippen molar-refractivity contribution in [2.75, 3.05) is 29.6 Å². The molecule has 0 spiro atoms. The Morgan fingerprint density at radius 2 is 2.03 bits per heavy atom. The van der Waals surface area contributed by atoms with Gasteiger partial charge in [-0.3, -0.25) is 9.57 Å². The van der Waals surface area contributed by atoms with Crippen molar-refractivity contribution >= 4 is 28.1 Å². The van der Waals surface area contributed by atoms with Gasteiger partial charge in [-0.05, 0) is 30.9 Å². The first-order chi connectivity index (χ1) is 14.8. The summed E-state index contributed by atoms with van der Waals surface area (Å²) in [5, 5.41) is 2.94. The minimum absolute atomic E-state index is 0.0691. The molecule has 1 aliphatic heterocycles. The van der Waals surface area contributed by atoms with Crippen LogP contribution >= 0.6 is 0 Å². The Hall–Kier alpha value is -2.63. The number of hydrogen-bond acceptors (Lipinski definition) is 5. The Morgan fingerprint density at radius 1 is 1.34 bits per heavy atom. The van der Waals surface area contributed by atoms with Gasteiger partial charge in [-0.15, -0.1) is 0 Å². The van der Waals surface area contributed by atoms with E-state index < -0.39 is 46.6 Å². The maximum absolute atomic E-state index is 13.9. The number of amides is 1. The van der Waals surface area contributed by atoms with Gasteiger partial charge in [-0.1, -0.05) is 17.6 Å². The molecule has 2 aromatic heterocycles. The van der Waals surface area contributed by atoms with Gasteiger partial charge in [0, 0.05) is 43.5 Å². The van der Waals surface area contributed by atoms with Crippen LogP contribution in [0.15, 0.2) is 29.6 Å². The number of alkyl halides is 5. The molecule has 0 aromatic carbocycles. The Bertz CT molecular complexity index is 1060. The minimum Gasteiger partial charge on any atom is -0.355 e. The van der Waals surface area contributed by atoms with Crippen LogP contribution in [0.3, 0.4) is 0 Å². The number of pyridine rings is 2. The van der Waals surface area contributed by atoms with Crippen LogP contribution in [0.25, 0.3) is 0 Å². The van der Waals surface area contributed by atoms with Gasteiger partial charge in [0.25, 0.3) is 11.8 Å². The molecule has 32 heavy (non-hydrogen) atoms. The first-order valence-corrected chi connectivity index (χ1v) is 11.3. The van der Waals surface area contributed by atoms with Crippen molar-refractivity contribution in [2.45, 2.75) is 37.4 Å². The SMILES string of the molecule is Cc1c(C(F)(F)F)cnc(N2CCC(F)(F)[C@H](C)C2)c1C(=O)Nc1ccnc([S@](C)=N)c1. The molecular weight excluding hydrogens is 453 g/mol. The smallest absolute Gasteiger partial charge is 0.355 e. The van der Waals surface area contributed by atoms with Gasteiger partial charge in [0.05, 0.1) is 11.1 Å². The van der Waals surface area contributed by atoms with Gasteiger partial charge in [0.15, 0.2) is 0 Å². The quantitative estimate of drug-likeness (QED) is 0.616. The number of piperidine rings is 1. The van der Waals surface area contributed by atoms with Crippen molar-refractivity contribution in [3.63, 3.8) is 0 Å². The third-order valence-electron chi connectivity index (χ3n) is 5.39. The summed E-state index contributed by atoms with van der Waals surface area (Å²) in [6.07, 6.45) is -1.60. The predicted octanol–water partition coefficient (Wildman–Crippen LogP) is 4.91. The van der Waals surface area contributed by atoms with Gasteiger partial charge in [0.2, 0.25) is 0 Å². The molecule has 2 N–H and O–H groups in total. The van der Waals surface area contributed by atoms with Crippen molar-refractivity contribution in [3.8, 4) is 0 Å². The summed E-state index contributed by atoms with van der Waals surface area (Å²) in [7, 11) is -0.941. The molecule has 1 saturated heterocycles. The van der Waals surface area contributed by atoms with E-state index in [4.69, 9.17) is 4.78 Å². The van der Waals surface area contributed by atoms with E-state index in [-0.39, 0.29) is 35.7 Å².